The molecule has 5 heteroatoms. The number of allylic oxidation sites excluding steroid dienone is 2. The van der Waals surface area contributed by atoms with Crippen molar-refractivity contribution in [1.29, 1.82) is 0 Å². The highest BCUT2D eigenvalue weighted by atomic mass is 16.6. The quantitative estimate of drug-likeness (QED) is 0.493. The zero-order valence-corrected chi connectivity index (χ0v) is 19.6. The molecule has 30 heavy (non-hydrogen) atoms. The van der Waals surface area contributed by atoms with Crippen LogP contribution >= 0.6 is 0 Å². The molecule has 0 aromatic carbocycles. The molecule has 4 bridgehead atoms. The second-order valence-electron chi connectivity index (χ2n) is 10.4. The zero-order chi connectivity index (χ0) is 22.6. The molecule has 4 aliphatic carbocycles. The van der Waals surface area contributed by atoms with Crippen molar-refractivity contribution in [2.75, 3.05) is 0 Å². The Morgan fingerprint density at radius 3 is 2.00 bits per heavy atom. The maximum absolute atomic E-state index is 13.0. The van der Waals surface area contributed by atoms with Crippen LogP contribution in [0.4, 0.5) is 0 Å². The van der Waals surface area contributed by atoms with Gasteiger partial charge in [-0.05, 0) is 57.3 Å². The minimum absolute atomic E-state index is 0.0655. The predicted molar refractivity (Wildman–Crippen MR) is 114 cm³/mol. The molecular weight excluding hydrogens is 380 g/mol. The Hall–Kier alpha value is -1.91. The Balaban J connectivity index is 2.05. The SMILES string of the molecule is CC=C(C)C(=O)OC1CC2(C)C3C(=O)CC(C)C2C3C(C)(C)C1OC(=O)C(C)=CC. The topological polar surface area (TPSA) is 69.7 Å². The summed E-state index contributed by atoms with van der Waals surface area (Å²) in [5.41, 5.74) is 0.318. The number of carbonyl (C=O) groups excluding carboxylic acids is 3. The van der Waals surface area contributed by atoms with Crippen molar-refractivity contribution in [1.82, 2.24) is 0 Å². The van der Waals surface area contributed by atoms with E-state index in [1.54, 1.807) is 39.8 Å². The summed E-state index contributed by atoms with van der Waals surface area (Å²) in [5, 5.41) is 0. The number of rotatable bonds is 4. The molecule has 0 radical (unpaired) electrons. The highest BCUT2D eigenvalue weighted by Crippen LogP contribution is 2.73. The molecule has 0 spiro atoms. The molecule has 5 nitrogen and oxygen atoms in total. The lowest BCUT2D eigenvalue weighted by atomic mass is 9.35. The first-order valence-electron chi connectivity index (χ1n) is 11.1. The summed E-state index contributed by atoms with van der Waals surface area (Å²) in [6.45, 7) is 15.5. The number of Topliss-reactive ketones (excluding diaryl/α,β-unsaturated/α-hetero) is 1. The molecule has 0 aromatic heterocycles. The van der Waals surface area contributed by atoms with Crippen LogP contribution in [0, 0.1) is 34.5 Å². The Morgan fingerprint density at radius 2 is 1.50 bits per heavy atom. The summed E-state index contributed by atoms with van der Waals surface area (Å²) in [6.07, 6.45) is 3.40. The molecule has 7 atom stereocenters. The molecule has 0 aromatic rings. The van der Waals surface area contributed by atoms with Gasteiger partial charge >= 0.3 is 11.9 Å². The van der Waals surface area contributed by atoms with Gasteiger partial charge in [-0.2, -0.15) is 0 Å². The standard InChI is InChI=1S/C25H36O5/c1-9-13(3)22(27)29-17-12-25(8)18-15(5)11-16(26)19(25)20(18)24(6,7)21(17)30-23(28)14(4)10-2/h9-10,15,17-21H,11-12H2,1-8H3. The van der Waals surface area contributed by atoms with Gasteiger partial charge in [-0.15, -0.1) is 0 Å². The molecule has 4 saturated carbocycles. The minimum Gasteiger partial charge on any atom is -0.455 e. The van der Waals surface area contributed by atoms with E-state index in [9.17, 15) is 14.4 Å². The van der Waals surface area contributed by atoms with Gasteiger partial charge in [-0.1, -0.05) is 39.8 Å². The van der Waals surface area contributed by atoms with Crippen LogP contribution in [0.1, 0.15) is 68.2 Å². The van der Waals surface area contributed by atoms with Crippen LogP contribution in [0.5, 0.6) is 0 Å². The van der Waals surface area contributed by atoms with Gasteiger partial charge in [0.2, 0.25) is 0 Å². The molecular formula is C25H36O5. The van der Waals surface area contributed by atoms with Crippen molar-refractivity contribution >= 4 is 17.7 Å². The highest BCUT2D eigenvalue weighted by molar-refractivity contribution is 5.89. The third-order valence-corrected chi connectivity index (χ3v) is 8.27. The van der Waals surface area contributed by atoms with Gasteiger partial charge in [-0.3, -0.25) is 4.79 Å². The molecule has 0 N–H and O–H groups in total. The Kier molecular flexibility index (Phi) is 5.81. The lowest BCUT2D eigenvalue weighted by Gasteiger charge is -2.67. The smallest absolute Gasteiger partial charge is 0.333 e. The van der Waals surface area contributed by atoms with Gasteiger partial charge in [-0.25, -0.2) is 9.59 Å². The van der Waals surface area contributed by atoms with E-state index >= 15 is 0 Å². The van der Waals surface area contributed by atoms with Crippen molar-refractivity contribution in [2.24, 2.45) is 34.5 Å². The van der Waals surface area contributed by atoms with Crippen LogP contribution < -0.4 is 0 Å². The fraction of sp³-hybridized carbons (Fsp3) is 0.720. The number of ketones is 1. The van der Waals surface area contributed by atoms with Crippen molar-refractivity contribution in [3.8, 4) is 0 Å². The number of carbonyl (C=O) groups is 3. The summed E-state index contributed by atoms with van der Waals surface area (Å²) < 4.78 is 12.0. The average molecular weight is 417 g/mol. The highest BCUT2D eigenvalue weighted by Gasteiger charge is 2.74. The molecule has 4 fully saturated rings. The van der Waals surface area contributed by atoms with Crippen LogP contribution in [0.25, 0.3) is 0 Å². The van der Waals surface area contributed by atoms with Crippen LogP contribution in [-0.4, -0.2) is 29.9 Å². The van der Waals surface area contributed by atoms with Gasteiger partial charge in [0.15, 0.2) is 0 Å². The molecule has 4 rings (SSSR count). The summed E-state index contributed by atoms with van der Waals surface area (Å²) in [6, 6.07) is 0. The number of hydrogen-bond acceptors (Lipinski definition) is 5. The maximum Gasteiger partial charge on any atom is 0.333 e. The second kappa shape index (κ2) is 7.65. The van der Waals surface area contributed by atoms with Crippen molar-refractivity contribution in [3.05, 3.63) is 23.3 Å². The van der Waals surface area contributed by atoms with E-state index in [0.717, 1.165) is 0 Å². The second-order valence-corrected chi connectivity index (χ2v) is 10.4. The first kappa shape index (κ1) is 22.8. The molecule has 0 saturated heterocycles. The van der Waals surface area contributed by atoms with E-state index < -0.39 is 29.6 Å². The number of hydrogen-bond donors (Lipinski definition) is 0. The lowest BCUT2D eigenvalue weighted by molar-refractivity contribution is -0.212. The van der Waals surface area contributed by atoms with Crippen molar-refractivity contribution < 1.29 is 23.9 Å². The molecule has 166 valence electrons. The molecule has 0 aliphatic heterocycles. The van der Waals surface area contributed by atoms with Gasteiger partial charge in [0.05, 0.1) is 0 Å². The van der Waals surface area contributed by atoms with Crippen LogP contribution in [-0.2, 0) is 23.9 Å². The van der Waals surface area contributed by atoms with Gasteiger partial charge in [0.25, 0.3) is 0 Å². The van der Waals surface area contributed by atoms with Gasteiger partial charge in [0, 0.05) is 28.9 Å². The first-order valence-corrected chi connectivity index (χ1v) is 11.1. The number of ether oxygens (including phenoxy) is 2. The van der Waals surface area contributed by atoms with E-state index in [2.05, 4.69) is 27.7 Å². The van der Waals surface area contributed by atoms with Crippen LogP contribution in [0.15, 0.2) is 23.3 Å². The molecule has 7 unspecified atom stereocenters. The monoisotopic (exact) mass is 416 g/mol. The van der Waals surface area contributed by atoms with Crippen LogP contribution in [0.2, 0.25) is 0 Å². The third-order valence-electron chi connectivity index (χ3n) is 8.27. The Morgan fingerprint density at radius 1 is 0.967 bits per heavy atom. The number of fused-ring (bicyclic) bond motifs is 3. The van der Waals surface area contributed by atoms with Gasteiger partial charge in [0.1, 0.15) is 18.0 Å². The molecule has 0 heterocycles. The zero-order valence-electron chi connectivity index (χ0n) is 19.6. The fourth-order valence-electron chi connectivity index (χ4n) is 6.63. The Labute approximate surface area is 180 Å². The number of esters is 2. The minimum atomic E-state index is -0.606. The fourth-order valence-corrected chi connectivity index (χ4v) is 6.63. The van der Waals surface area contributed by atoms with E-state index in [1.165, 1.54) is 0 Å². The van der Waals surface area contributed by atoms with E-state index in [0.29, 0.717) is 35.7 Å². The molecule has 0 amide bonds. The van der Waals surface area contributed by atoms with E-state index in [1.807, 2.05) is 0 Å². The lowest BCUT2D eigenvalue weighted by Crippen LogP contribution is -2.67. The third kappa shape index (κ3) is 3.25. The normalized spacial score (nSPS) is 40.2. The maximum atomic E-state index is 13.0. The first-order chi connectivity index (χ1) is 13.9. The summed E-state index contributed by atoms with van der Waals surface area (Å²) in [5.74, 6) is 0.195. The Bertz CT molecular complexity index is 819. The van der Waals surface area contributed by atoms with Crippen molar-refractivity contribution in [2.45, 2.75) is 80.4 Å². The van der Waals surface area contributed by atoms with E-state index in [4.69, 9.17) is 9.47 Å². The van der Waals surface area contributed by atoms with Gasteiger partial charge < -0.3 is 9.47 Å². The summed E-state index contributed by atoms with van der Waals surface area (Å²) in [4.78, 5) is 38.4. The predicted octanol–water partition coefficient (Wildman–Crippen LogP) is 4.65. The largest absolute Gasteiger partial charge is 0.455 e. The van der Waals surface area contributed by atoms with Crippen molar-refractivity contribution in [3.63, 3.8) is 0 Å². The molecule has 4 aliphatic rings. The summed E-state index contributed by atoms with van der Waals surface area (Å²) in [7, 11) is 0. The summed E-state index contributed by atoms with van der Waals surface area (Å²) >= 11 is 0. The van der Waals surface area contributed by atoms with Crippen LogP contribution in [0.3, 0.4) is 0 Å². The van der Waals surface area contributed by atoms with E-state index in [-0.39, 0.29) is 23.2 Å². The average Bonchev–Trinajstić information content (AvgIpc) is 2.78.